The molecular formula is C22H22N6. The standard InChI is InChI=1S/C22H22N6/c1-27-9-11-28(12-10-27)19-6-4-16(5-7-19)18-13-20-21(17-3-2-8-23-14-17)25-26-22(20)24-15-18/h2-8,13-15H,9-12H2,1H3,(H,24,25,26). The number of nitrogens with one attached hydrogen (secondary N) is 1. The Morgan fingerprint density at radius 2 is 1.71 bits per heavy atom. The molecule has 0 radical (unpaired) electrons. The molecule has 0 bridgehead atoms. The number of nitrogens with zero attached hydrogens (tertiary/aromatic N) is 5. The molecule has 0 unspecified atom stereocenters. The van der Waals surface area contributed by atoms with Crippen molar-refractivity contribution >= 4 is 16.7 Å². The van der Waals surface area contributed by atoms with Crippen molar-refractivity contribution in [2.24, 2.45) is 0 Å². The van der Waals surface area contributed by atoms with Gasteiger partial charge in [0.2, 0.25) is 0 Å². The van der Waals surface area contributed by atoms with Crippen LogP contribution in [0, 0.1) is 0 Å². The molecule has 28 heavy (non-hydrogen) atoms. The van der Waals surface area contributed by atoms with Gasteiger partial charge >= 0.3 is 0 Å². The van der Waals surface area contributed by atoms with Crippen LogP contribution in [0.2, 0.25) is 0 Å². The van der Waals surface area contributed by atoms with E-state index in [2.05, 4.69) is 67.3 Å². The molecule has 0 spiro atoms. The molecule has 4 heterocycles. The Balaban J connectivity index is 1.46. The van der Waals surface area contributed by atoms with Gasteiger partial charge in [-0.3, -0.25) is 10.1 Å². The third kappa shape index (κ3) is 3.12. The van der Waals surface area contributed by atoms with Gasteiger partial charge < -0.3 is 9.80 Å². The van der Waals surface area contributed by atoms with Crippen molar-refractivity contribution in [1.29, 1.82) is 0 Å². The SMILES string of the molecule is CN1CCN(c2ccc(-c3cnc4n[nH]c(-c5cccnc5)c4c3)cc2)CC1. The fourth-order valence-corrected chi connectivity index (χ4v) is 3.72. The first-order valence-electron chi connectivity index (χ1n) is 9.56. The average Bonchev–Trinajstić information content (AvgIpc) is 3.18. The quantitative estimate of drug-likeness (QED) is 0.599. The van der Waals surface area contributed by atoms with Crippen LogP contribution in [0.1, 0.15) is 0 Å². The third-order valence-electron chi connectivity index (χ3n) is 5.43. The molecule has 0 saturated carbocycles. The number of benzene rings is 1. The summed E-state index contributed by atoms with van der Waals surface area (Å²) in [6.45, 7) is 4.37. The first-order valence-corrected chi connectivity index (χ1v) is 9.56. The lowest BCUT2D eigenvalue weighted by atomic mass is 10.0. The lowest BCUT2D eigenvalue weighted by molar-refractivity contribution is 0.313. The van der Waals surface area contributed by atoms with Gasteiger partial charge in [0, 0.05) is 67.0 Å². The van der Waals surface area contributed by atoms with E-state index >= 15 is 0 Å². The molecule has 6 heteroatoms. The van der Waals surface area contributed by atoms with Crippen molar-refractivity contribution in [1.82, 2.24) is 25.1 Å². The Hall–Kier alpha value is -3.25. The summed E-state index contributed by atoms with van der Waals surface area (Å²) in [7, 11) is 2.18. The predicted octanol–water partition coefficient (Wildman–Crippen LogP) is 3.44. The largest absolute Gasteiger partial charge is 0.369 e. The van der Waals surface area contributed by atoms with E-state index in [4.69, 9.17) is 0 Å². The van der Waals surface area contributed by atoms with Crippen LogP contribution >= 0.6 is 0 Å². The molecule has 0 aliphatic carbocycles. The van der Waals surface area contributed by atoms with E-state index in [0.29, 0.717) is 0 Å². The van der Waals surface area contributed by atoms with E-state index in [1.54, 1.807) is 6.20 Å². The van der Waals surface area contributed by atoms with Gasteiger partial charge in [-0.1, -0.05) is 12.1 Å². The molecule has 140 valence electrons. The normalized spacial score (nSPS) is 15.2. The fourth-order valence-electron chi connectivity index (χ4n) is 3.72. The van der Waals surface area contributed by atoms with Gasteiger partial charge in [-0.2, -0.15) is 5.10 Å². The molecule has 1 N–H and O–H groups in total. The van der Waals surface area contributed by atoms with Crippen molar-refractivity contribution in [3.05, 3.63) is 61.1 Å². The highest BCUT2D eigenvalue weighted by atomic mass is 15.2. The number of aromatic amines is 1. The van der Waals surface area contributed by atoms with Crippen molar-refractivity contribution in [3.8, 4) is 22.4 Å². The monoisotopic (exact) mass is 370 g/mol. The highest BCUT2D eigenvalue weighted by Gasteiger charge is 2.15. The Kier molecular flexibility index (Phi) is 4.25. The van der Waals surface area contributed by atoms with Crippen molar-refractivity contribution in [2.75, 3.05) is 38.1 Å². The van der Waals surface area contributed by atoms with E-state index in [9.17, 15) is 0 Å². The molecule has 1 aromatic carbocycles. The lowest BCUT2D eigenvalue weighted by Gasteiger charge is -2.34. The van der Waals surface area contributed by atoms with Crippen LogP contribution in [0.25, 0.3) is 33.4 Å². The second-order valence-electron chi connectivity index (χ2n) is 7.27. The molecule has 0 atom stereocenters. The second kappa shape index (κ2) is 7.05. The van der Waals surface area contributed by atoms with Gasteiger partial charge in [-0.05, 0) is 42.9 Å². The topological polar surface area (TPSA) is 60.9 Å². The number of aromatic nitrogens is 4. The van der Waals surface area contributed by atoms with Gasteiger partial charge in [0.1, 0.15) is 0 Å². The third-order valence-corrected chi connectivity index (χ3v) is 5.43. The number of hydrogen-bond acceptors (Lipinski definition) is 5. The Labute approximate surface area is 163 Å². The maximum absolute atomic E-state index is 4.55. The number of piperazine rings is 1. The maximum atomic E-state index is 4.55. The summed E-state index contributed by atoms with van der Waals surface area (Å²) in [4.78, 5) is 13.6. The van der Waals surface area contributed by atoms with E-state index in [1.807, 2.05) is 24.5 Å². The summed E-state index contributed by atoms with van der Waals surface area (Å²) in [5.41, 5.74) is 6.21. The van der Waals surface area contributed by atoms with Crippen LogP contribution in [-0.2, 0) is 0 Å². The molecular weight excluding hydrogens is 348 g/mol. The average molecular weight is 370 g/mol. The number of H-pyrrole nitrogens is 1. The Morgan fingerprint density at radius 3 is 2.46 bits per heavy atom. The van der Waals surface area contributed by atoms with Crippen molar-refractivity contribution in [2.45, 2.75) is 0 Å². The van der Waals surface area contributed by atoms with Gasteiger partial charge in [0.05, 0.1) is 5.69 Å². The van der Waals surface area contributed by atoms with Crippen molar-refractivity contribution in [3.63, 3.8) is 0 Å². The maximum Gasteiger partial charge on any atom is 0.181 e. The van der Waals surface area contributed by atoms with Crippen LogP contribution in [0.15, 0.2) is 61.1 Å². The van der Waals surface area contributed by atoms with Crippen LogP contribution in [0.4, 0.5) is 5.69 Å². The summed E-state index contributed by atoms with van der Waals surface area (Å²) in [5, 5.41) is 8.45. The fraction of sp³-hybridized carbons (Fsp3) is 0.227. The van der Waals surface area contributed by atoms with E-state index in [-0.39, 0.29) is 0 Å². The van der Waals surface area contributed by atoms with E-state index < -0.39 is 0 Å². The predicted molar refractivity (Wildman–Crippen MR) is 112 cm³/mol. The molecule has 1 fully saturated rings. The number of hydrogen-bond donors (Lipinski definition) is 1. The lowest BCUT2D eigenvalue weighted by Crippen LogP contribution is -2.44. The highest BCUT2D eigenvalue weighted by molar-refractivity contribution is 5.93. The molecule has 1 aliphatic rings. The molecule has 1 aliphatic heterocycles. The summed E-state index contributed by atoms with van der Waals surface area (Å²) in [6, 6.07) is 14.9. The molecule has 1 saturated heterocycles. The molecule has 0 amide bonds. The number of rotatable bonds is 3. The minimum absolute atomic E-state index is 0.719. The molecule has 5 rings (SSSR count). The Morgan fingerprint density at radius 1 is 0.893 bits per heavy atom. The van der Waals surface area contributed by atoms with E-state index in [0.717, 1.165) is 59.6 Å². The van der Waals surface area contributed by atoms with Crippen molar-refractivity contribution < 1.29 is 0 Å². The second-order valence-corrected chi connectivity index (χ2v) is 7.27. The summed E-state index contributed by atoms with van der Waals surface area (Å²) >= 11 is 0. The minimum Gasteiger partial charge on any atom is -0.369 e. The van der Waals surface area contributed by atoms with Gasteiger partial charge in [-0.15, -0.1) is 0 Å². The highest BCUT2D eigenvalue weighted by Crippen LogP contribution is 2.29. The van der Waals surface area contributed by atoms with Crippen LogP contribution in [0.5, 0.6) is 0 Å². The van der Waals surface area contributed by atoms with Gasteiger partial charge in [-0.25, -0.2) is 4.98 Å². The zero-order valence-electron chi connectivity index (χ0n) is 15.8. The van der Waals surface area contributed by atoms with Crippen LogP contribution in [-0.4, -0.2) is 58.3 Å². The van der Waals surface area contributed by atoms with E-state index in [1.165, 1.54) is 5.69 Å². The number of likely N-dealkylation sites (N-methyl/N-ethyl adjacent to an activating group) is 1. The zero-order valence-corrected chi connectivity index (χ0v) is 15.8. The smallest absolute Gasteiger partial charge is 0.181 e. The number of pyridine rings is 2. The van der Waals surface area contributed by atoms with Crippen LogP contribution in [0.3, 0.4) is 0 Å². The first kappa shape index (κ1) is 16.9. The molecule has 6 nitrogen and oxygen atoms in total. The summed E-state index contributed by atoms with van der Waals surface area (Å²) in [6.07, 6.45) is 5.50. The molecule has 4 aromatic rings. The van der Waals surface area contributed by atoms with Crippen LogP contribution < -0.4 is 4.90 Å². The van der Waals surface area contributed by atoms with Gasteiger partial charge in [0.15, 0.2) is 5.65 Å². The summed E-state index contributed by atoms with van der Waals surface area (Å²) in [5.74, 6) is 0. The molecule has 3 aromatic heterocycles. The van der Waals surface area contributed by atoms with Gasteiger partial charge in [0.25, 0.3) is 0 Å². The zero-order chi connectivity index (χ0) is 18.9. The number of fused-ring (bicyclic) bond motifs is 1. The number of anilines is 1. The Bertz CT molecular complexity index is 1080. The summed E-state index contributed by atoms with van der Waals surface area (Å²) < 4.78 is 0. The first-order chi connectivity index (χ1) is 13.8. The minimum atomic E-state index is 0.719.